The Morgan fingerprint density at radius 1 is 0.909 bits per heavy atom. The number of fused-ring (bicyclic) bond motifs is 2. The highest BCUT2D eigenvalue weighted by Gasteiger charge is 2.26. The van der Waals surface area contributed by atoms with Gasteiger partial charge in [0.1, 0.15) is 0 Å². The van der Waals surface area contributed by atoms with Crippen LogP contribution in [0.2, 0.25) is 0 Å². The lowest BCUT2D eigenvalue weighted by atomic mass is 10.1. The first-order valence-electron chi connectivity index (χ1n) is 8.87. The van der Waals surface area contributed by atoms with Gasteiger partial charge >= 0.3 is 0 Å². The highest BCUT2D eigenvalue weighted by atomic mass is 16.2. The number of hydrogen-bond acceptors (Lipinski definition) is 3. The Labute approximate surface area is 132 Å². The molecule has 118 valence electrons. The summed E-state index contributed by atoms with van der Waals surface area (Å²) < 4.78 is 0. The normalized spacial score (nSPS) is 20.7. The fraction of sp³-hybridized carbons (Fsp3) is 0.667. The lowest BCUT2D eigenvalue weighted by Gasteiger charge is -2.26. The van der Waals surface area contributed by atoms with Crippen LogP contribution in [0.1, 0.15) is 54.6 Å². The second-order valence-electron chi connectivity index (χ2n) is 6.93. The average molecular weight is 299 g/mol. The molecule has 1 aromatic heterocycles. The number of aryl methyl sites for hydroxylation is 2. The molecule has 4 heteroatoms. The molecular formula is C18H25N3O. The van der Waals surface area contributed by atoms with Crippen molar-refractivity contribution < 1.29 is 4.79 Å². The Balaban J connectivity index is 1.53. The van der Waals surface area contributed by atoms with Gasteiger partial charge in [-0.1, -0.05) is 6.42 Å². The van der Waals surface area contributed by atoms with Crippen molar-refractivity contribution in [2.75, 3.05) is 25.0 Å². The number of pyridine rings is 1. The number of likely N-dealkylation sites (tertiary alicyclic amines) is 1. The highest BCUT2D eigenvalue weighted by Crippen LogP contribution is 2.36. The fourth-order valence-corrected chi connectivity index (χ4v) is 4.24. The van der Waals surface area contributed by atoms with Crippen molar-refractivity contribution in [1.82, 2.24) is 9.88 Å². The molecule has 0 atom stereocenters. The van der Waals surface area contributed by atoms with E-state index in [1.807, 2.05) is 0 Å². The van der Waals surface area contributed by atoms with Gasteiger partial charge in [-0.15, -0.1) is 0 Å². The minimum atomic E-state index is 0.163. The van der Waals surface area contributed by atoms with Crippen molar-refractivity contribution in [3.8, 4) is 0 Å². The third-order valence-electron chi connectivity index (χ3n) is 5.33. The number of rotatable bonds is 3. The summed E-state index contributed by atoms with van der Waals surface area (Å²) in [5.74, 6) is 0.163. The number of anilines is 1. The van der Waals surface area contributed by atoms with Crippen LogP contribution >= 0.6 is 0 Å². The summed E-state index contributed by atoms with van der Waals surface area (Å²) in [6, 6.07) is 0. The van der Waals surface area contributed by atoms with Crippen LogP contribution in [0.5, 0.6) is 0 Å². The molecule has 22 heavy (non-hydrogen) atoms. The lowest BCUT2D eigenvalue weighted by Crippen LogP contribution is -2.37. The maximum Gasteiger partial charge on any atom is 0.238 e. The molecule has 1 fully saturated rings. The molecule has 2 aliphatic carbocycles. The molecule has 4 nitrogen and oxygen atoms in total. The molecule has 0 aromatic carbocycles. The van der Waals surface area contributed by atoms with E-state index < -0.39 is 0 Å². The zero-order valence-electron chi connectivity index (χ0n) is 13.3. The molecule has 4 rings (SSSR count). The monoisotopic (exact) mass is 299 g/mol. The molecule has 1 N–H and O–H groups in total. The summed E-state index contributed by atoms with van der Waals surface area (Å²) in [5, 5.41) is 3.27. The van der Waals surface area contributed by atoms with Crippen LogP contribution < -0.4 is 5.32 Å². The second kappa shape index (κ2) is 5.99. The molecule has 1 amide bonds. The summed E-state index contributed by atoms with van der Waals surface area (Å²) in [6.45, 7) is 2.69. The van der Waals surface area contributed by atoms with Gasteiger partial charge in [-0.2, -0.15) is 0 Å². The summed E-state index contributed by atoms with van der Waals surface area (Å²) >= 11 is 0. The predicted molar refractivity (Wildman–Crippen MR) is 87.2 cm³/mol. The Morgan fingerprint density at radius 3 is 2.18 bits per heavy atom. The quantitative estimate of drug-likeness (QED) is 0.932. The molecule has 0 bridgehead atoms. The van der Waals surface area contributed by atoms with Crippen LogP contribution in [-0.4, -0.2) is 35.4 Å². The first kappa shape index (κ1) is 14.2. The minimum Gasteiger partial charge on any atom is -0.324 e. The van der Waals surface area contributed by atoms with Gasteiger partial charge in [0.05, 0.1) is 12.2 Å². The number of carbonyl (C=O) groups excluding carboxylic acids is 1. The van der Waals surface area contributed by atoms with Gasteiger partial charge in [0.25, 0.3) is 0 Å². The molecule has 1 aromatic rings. The maximum atomic E-state index is 12.5. The van der Waals surface area contributed by atoms with Gasteiger partial charge in [0.2, 0.25) is 5.91 Å². The van der Waals surface area contributed by atoms with Crippen molar-refractivity contribution in [2.45, 2.75) is 57.8 Å². The van der Waals surface area contributed by atoms with Crippen molar-refractivity contribution >= 4 is 11.6 Å². The zero-order valence-corrected chi connectivity index (χ0v) is 13.3. The van der Waals surface area contributed by atoms with Gasteiger partial charge in [0, 0.05) is 11.4 Å². The van der Waals surface area contributed by atoms with Crippen molar-refractivity contribution in [1.29, 1.82) is 0 Å². The van der Waals surface area contributed by atoms with E-state index in [1.54, 1.807) is 0 Å². The molecule has 2 heterocycles. The van der Waals surface area contributed by atoms with Crippen LogP contribution in [0.3, 0.4) is 0 Å². The molecule has 3 aliphatic rings. The van der Waals surface area contributed by atoms with Crippen molar-refractivity contribution in [3.63, 3.8) is 0 Å². The summed E-state index contributed by atoms with van der Waals surface area (Å²) in [7, 11) is 0. The minimum absolute atomic E-state index is 0.163. The average Bonchev–Trinajstić information content (AvgIpc) is 3.16. The van der Waals surface area contributed by atoms with Crippen LogP contribution in [0.4, 0.5) is 5.69 Å². The number of carbonyl (C=O) groups is 1. The number of nitrogens with zero attached hydrogens (tertiary/aromatic N) is 2. The third kappa shape index (κ3) is 2.65. The Bertz CT molecular complexity index is 558. The standard InChI is InChI=1S/C18H25N3O/c22-17(12-21-10-2-1-3-11-21)20-18-13-6-4-8-15(13)19-16-9-5-7-14(16)18/h1-12H2,(H,19,20,22). The van der Waals surface area contributed by atoms with Crippen LogP contribution in [-0.2, 0) is 30.5 Å². The van der Waals surface area contributed by atoms with E-state index in [4.69, 9.17) is 4.98 Å². The third-order valence-corrected chi connectivity index (χ3v) is 5.33. The first-order valence-corrected chi connectivity index (χ1v) is 8.87. The lowest BCUT2D eigenvalue weighted by molar-refractivity contribution is -0.117. The van der Waals surface area contributed by atoms with Gasteiger partial charge in [-0.05, 0) is 75.6 Å². The number of nitrogens with one attached hydrogen (secondary N) is 1. The van der Waals surface area contributed by atoms with Gasteiger partial charge in [-0.25, -0.2) is 0 Å². The number of hydrogen-bond donors (Lipinski definition) is 1. The van der Waals surface area contributed by atoms with Gasteiger partial charge < -0.3 is 5.32 Å². The van der Waals surface area contributed by atoms with E-state index in [-0.39, 0.29) is 5.91 Å². The Hall–Kier alpha value is -1.42. The molecule has 1 aliphatic heterocycles. The van der Waals surface area contributed by atoms with E-state index >= 15 is 0 Å². The number of amides is 1. The smallest absolute Gasteiger partial charge is 0.238 e. The molecule has 0 radical (unpaired) electrons. The molecule has 0 spiro atoms. The van der Waals surface area contributed by atoms with E-state index in [1.165, 1.54) is 54.6 Å². The largest absolute Gasteiger partial charge is 0.324 e. The highest BCUT2D eigenvalue weighted by molar-refractivity contribution is 5.94. The molecule has 0 unspecified atom stereocenters. The number of aromatic nitrogens is 1. The van der Waals surface area contributed by atoms with Crippen LogP contribution in [0.15, 0.2) is 0 Å². The van der Waals surface area contributed by atoms with Gasteiger partial charge in [0.15, 0.2) is 0 Å². The SMILES string of the molecule is O=C(CN1CCCCC1)Nc1c2c(nc3c1CCC3)CCC2. The molecular weight excluding hydrogens is 274 g/mol. The first-order chi connectivity index (χ1) is 10.8. The van der Waals surface area contributed by atoms with E-state index in [9.17, 15) is 4.79 Å². The fourth-order valence-electron chi connectivity index (χ4n) is 4.24. The topological polar surface area (TPSA) is 45.2 Å². The van der Waals surface area contributed by atoms with Gasteiger partial charge in [-0.3, -0.25) is 14.7 Å². The van der Waals surface area contributed by atoms with Crippen molar-refractivity contribution in [3.05, 3.63) is 22.5 Å². The zero-order chi connectivity index (χ0) is 14.9. The van der Waals surface area contributed by atoms with Crippen molar-refractivity contribution in [2.24, 2.45) is 0 Å². The Morgan fingerprint density at radius 2 is 1.55 bits per heavy atom. The maximum absolute atomic E-state index is 12.5. The predicted octanol–water partition coefficient (Wildman–Crippen LogP) is 2.48. The number of piperidine rings is 1. The molecule has 0 saturated carbocycles. The van der Waals surface area contributed by atoms with E-state index in [0.717, 1.165) is 44.5 Å². The van der Waals surface area contributed by atoms with Crippen LogP contribution in [0.25, 0.3) is 0 Å². The van der Waals surface area contributed by atoms with E-state index in [0.29, 0.717) is 6.54 Å². The van der Waals surface area contributed by atoms with Crippen LogP contribution in [0, 0.1) is 0 Å². The molecule has 1 saturated heterocycles. The summed E-state index contributed by atoms with van der Waals surface area (Å²) in [6.07, 6.45) is 10.4. The summed E-state index contributed by atoms with van der Waals surface area (Å²) in [4.78, 5) is 19.7. The summed E-state index contributed by atoms with van der Waals surface area (Å²) in [5.41, 5.74) is 6.28. The second-order valence-corrected chi connectivity index (χ2v) is 6.93. The Kier molecular flexibility index (Phi) is 3.87. The van der Waals surface area contributed by atoms with E-state index in [2.05, 4.69) is 10.2 Å².